The van der Waals surface area contributed by atoms with E-state index in [9.17, 15) is 10.2 Å². The van der Waals surface area contributed by atoms with Gasteiger partial charge in [-0.05, 0) is 149 Å². The summed E-state index contributed by atoms with van der Waals surface area (Å²) in [5.74, 6) is 0.835. The quantitative estimate of drug-likeness (QED) is 0.0951. The second-order valence-electron chi connectivity index (χ2n) is 18.1. The standard InChI is InChI=1S/C37H39ClO2.C22H28O2/c1-3-28-14-15-32(27(2)18-28)21-35-22-33(16-17-37(35)38)34-19-31(25-39-24-29-10-6-4-7-11-29)20-36(23-34)40-26-30-12-8-5-9-13-30;1-2-16-6-8-17(9-7-16)10-18-4-3-5-20(11-18)21-12-19(15-23)13-22(24)14-21/h4-19,22,34,36H,3,20-21,23-26H2,1-2H3;3-9,11,19,21-24H,2,10,12-15H2,1H3. The molecule has 5 atom stereocenters. The Morgan fingerprint density at radius 3 is 1.97 bits per heavy atom. The first-order valence-electron chi connectivity index (χ1n) is 23.5. The maximum Gasteiger partial charge on any atom is 0.0721 e. The number of aliphatic hydroxyl groups is 2. The highest BCUT2D eigenvalue weighted by atomic mass is 35.5. The lowest BCUT2D eigenvalue weighted by Gasteiger charge is -2.32. The van der Waals surface area contributed by atoms with Gasteiger partial charge in [0.15, 0.2) is 0 Å². The van der Waals surface area contributed by atoms with Crippen LogP contribution in [0.25, 0.3) is 0 Å². The topological polar surface area (TPSA) is 58.9 Å². The van der Waals surface area contributed by atoms with Gasteiger partial charge in [-0.25, -0.2) is 0 Å². The predicted molar refractivity (Wildman–Crippen MR) is 264 cm³/mol. The summed E-state index contributed by atoms with van der Waals surface area (Å²) in [5, 5.41) is 20.4. The Morgan fingerprint density at radius 2 is 1.27 bits per heavy atom. The molecule has 0 saturated heterocycles. The molecule has 5 heteroatoms. The minimum Gasteiger partial charge on any atom is -0.396 e. The number of hydrogen-bond donors (Lipinski definition) is 2. The van der Waals surface area contributed by atoms with Crippen molar-refractivity contribution in [3.05, 3.63) is 223 Å². The molecule has 1 fully saturated rings. The first-order valence-corrected chi connectivity index (χ1v) is 23.9. The number of aliphatic hydroxyl groups excluding tert-OH is 2. The highest BCUT2D eigenvalue weighted by molar-refractivity contribution is 6.31. The molecule has 2 aliphatic carbocycles. The smallest absolute Gasteiger partial charge is 0.0721 e. The van der Waals surface area contributed by atoms with Gasteiger partial charge in [0.05, 0.1) is 32.0 Å². The molecule has 5 unspecified atom stereocenters. The molecule has 2 aliphatic rings. The van der Waals surface area contributed by atoms with Gasteiger partial charge in [-0.3, -0.25) is 0 Å². The van der Waals surface area contributed by atoms with Crippen LogP contribution in [-0.4, -0.2) is 35.6 Å². The lowest BCUT2D eigenvalue weighted by molar-refractivity contribution is 0.0252. The monoisotopic (exact) mass is 874 g/mol. The summed E-state index contributed by atoms with van der Waals surface area (Å²) in [4.78, 5) is 0. The van der Waals surface area contributed by atoms with Crippen LogP contribution < -0.4 is 0 Å². The normalized spacial score (nSPS) is 19.7. The minimum absolute atomic E-state index is 0.133. The van der Waals surface area contributed by atoms with Gasteiger partial charge in [-0.1, -0.05) is 171 Å². The van der Waals surface area contributed by atoms with E-state index in [-0.39, 0.29) is 30.7 Å². The second-order valence-corrected chi connectivity index (χ2v) is 18.5. The van der Waals surface area contributed by atoms with Gasteiger partial charge in [0.25, 0.3) is 0 Å². The molecule has 64 heavy (non-hydrogen) atoms. The van der Waals surface area contributed by atoms with Gasteiger partial charge in [-0.2, -0.15) is 0 Å². The van der Waals surface area contributed by atoms with Crippen LogP contribution in [-0.2, 0) is 48.4 Å². The SMILES string of the molecule is CCc1ccc(Cc2cc(C3C=C(COCc4ccccc4)CC(OCc4ccccc4)C3)ccc2Cl)c(C)c1.CCc1ccc(Cc2cccc(C3CC(O)CC(CO)C3)c2)cc1. The first kappa shape index (κ1) is 47.2. The van der Waals surface area contributed by atoms with Gasteiger partial charge in [0.2, 0.25) is 0 Å². The van der Waals surface area contributed by atoms with Crippen molar-refractivity contribution < 1.29 is 19.7 Å². The zero-order chi connectivity index (χ0) is 44.7. The van der Waals surface area contributed by atoms with Crippen molar-refractivity contribution in [2.24, 2.45) is 5.92 Å². The van der Waals surface area contributed by atoms with Crippen molar-refractivity contribution in [3.8, 4) is 0 Å². The third kappa shape index (κ3) is 13.8. The fraction of sp³-hybridized carbons (Fsp3) is 0.356. The Hall–Kier alpha value is -4.81. The van der Waals surface area contributed by atoms with Crippen molar-refractivity contribution >= 4 is 11.6 Å². The van der Waals surface area contributed by atoms with Crippen LogP contribution in [0.1, 0.15) is 119 Å². The van der Waals surface area contributed by atoms with E-state index >= 15 is 0 Å². The Bertz CT molecular complexity index is 2370. The fourth-order valence-corrected chi connectivity index (χ4v) is 9.65. The van der Waals surface area contributed by atoms with Crippen molar-refractivity contribution in [2.75, 3.05) is 13.2 Å². The van der Waals surface area contributed by atoms with Gasteiger partial charge in [-0.15, -0.1) is 0 Å². The van der Waals surface area contributed by atoms with E-state index in [4.69, 9.17) is 21.1 Å². The van der Waals surface area contributed by atoms with Crippen LogP contribution >= 0.6 is 11.6 Å². The molecular weight excluding hydrogens is 808 g/mol. The van der Waals surface area contributed by atoms with Crippen LogP contribution in [0, 0.1) is 12.8 Å². The number of aryl methyl sites for hydroxylation is 3. The number of ether oxygens (including phenoxy) is 2. The molecule has 0 aromatic heterocycles. The summed E-state index contributed by atoms with van der Waals surface area (Å²) >= 11 is 6.74. The van der Waals surface area contributed by atoms with Gasteiger partial charge >= 0.3 is 0 Å². The lowest BCUT2D eigenvalue weighted by atomic mass is 9.76. The molecule has 6 aromatic carbocycles. The van der Waals surface area contributed by atoms with Gasteiger partial charge < -0.3 is 19.7 Å². The number of hydrogen-bond acceptors (Lipinski definition) is 4. The van der Waals surface area contributed by atoms with Crippen molar-refractivity contribution in [1.29, 1.82) is 0 Å². The summed E-state index contributed by atoms with van der Waals surface area (Å²) in [7, 11) is 0. The first-order chi connectivity index (χ1) is 31.2. The fourth-order valence-electron chi connectivity index (χ4n) is 9.46. The molecule has 4 nitrogen and oxygen atoms in total. The van der Waals surface area contributed by atoms with Crippen LogP contribution in [0.5, 0.6) is 0 Å². The van der Waals surface area contributed by atoms with E-state index < -0.39 is 0 Å². The third-order valence-electron chi connectivity index (χ3n) is 13.2. The van der Waals surface area contributed by atoms with E-state index in [1.54, 1.807) is 0 Å². The van der Waals surface area contributed by atoms with Crippen LogP contribution in [0.4, 0.5) is 0 Å². The molecule has 334 valence electrons. The van der Waals surface area contributed by atoms with Crippen molar-refractivity contribution in [1.82, 2.24) is 0 Å². The largest absolute Gasteiger partial charge is 0.396 e. The Morgan fingerprint density at radius 1 is 0.578 bits per heavy atom. The third-order valence-corrected chi connectivity index (χ3v) is 13.5. The average Bonchev–Trinajstić information content (AvgIpc) is 3.33. The molecular formula is C59H67ClO4. The summed E-state index contributed by atoms with van der Waals surface area (Å²) < 4.78 is 12.6. The summed E-state index contributed by atoms with van der Waals surface area (Å²) in [6.45, 7) is 8.60. The average molecular weight is 876 g/mol. The van der Waals surface area contributed by atoms with Crippen LogP contribution in [0.2, 0.25) is 5.02 Å². The van der Waals surface area contributed by atoms with E-state index in [0.29, 0.717) is 25.7 Å². The zero-order valence-electron chi connectivity index (χ0n) is 38.1. The minimum atomic E-state index is -0.286. The van der Waals surface area contributed by atoms with E-state index in [1.807, 2.05) is 12.1 Å². The maximum absolute atomic E-state index is 10.1. The Kier molecular flexibility index (Phi) is 17.6. The molecule has 0 aliphatic heterocycles. The second kappa shape index (κ2) is 23.9. The molecule has 6 aromatic rings. The number of rotatable bonds is 16. The molecule has 0 spiro atoms. The van der Waals surface area contributed by atoms with E-state index in [1.165, 1.54) is 66.8 Å². The molecule has 0 heterocycles. The van der Waals surface area contributed by atoms with E-state index in [0.717, 1.165) is 62.8 Å². The molecule has 0 amide bonds. The molecule has 0 bridgehead atoms. The van der Waals surface area contributed by atoms with Crippen LogP contribution in [0.15, 0.2) is 157 Å². The summed E-state index contributed by atoms with van der Waals surface area (Å²) in [6, 6.07) is 51.8. The van der Waals surface area contributed by atoms with Crippen LogP contribution in [0.3, 0.4) is 0 Å². The Balaban J connectivity index is 0.000000217. The molecule has 1 saturated carbocycles. The van der Waals surface area contributed by atoms with Crippen molar-refractivity contribution in [2.45, 2.75) is 116 Å². The molecule has 2 N–H and O–H groups in total. The number of benzene rings is 6. The summed E-state index contributed by atoms with van der Waals surface area (Å²) in [5.41, 5.74) is 15.5. The van der Waals surface area contributed by atoms with Gasteiger partial charge in [0.1, 0.15) is 0 Å². The zero-order valence-corrected chi connectivity index (χ0v) is 38.9. The lowest BCUT2D eigenvalue weighted by Crippen LogP contribution is -2.27. The molecule has 8 rings (SSSR count). The molecule has 0 radical (unpaired) electrons. The van der Waals surface area contributed by atoms with Gasteiger partial charge in [0, 0.05) is 17.5 Å². The Labute approximate surface area is 388 Å². The number of allylic oxidation sites excluding steroid dienone is 1. The van der Waals surface area contributed by atoms with E-state index in [2.05, 4.69) is 160 Å². The highest BCUT2D eigenvalue weighted by Gasteiger charge is 2.29. The number of halogens is 1. The summed E-state index contributed by atoms with van der Waals surface area (Å²) in [6.07, 6.45) is 10.5. The highest BCUT2D eigenvalue weighted by Crippen LogP contribution is 2.38. The van der Waals surface area contributed by atoms with Crippen molar-refractivity contribution in [3.63, 3.8) is 0 Å². The maximum atomic E-state index is 10.1. The predicted octanol–water partition coefficient (Wildman–Crippen LogP) is 13.5.